The second kappa shape index (κ2) is 14.6. The van der Waals surface area contributed by atoms with Crippen molar-refractivity contribution in [2.24, 2.45) is 17.2 Å². The summed E-state index contributed by atoms with van der Waals surface area (Å²) in [6, 6.07) is -5.31. The third kappa shape index (κ3) is 9.93. The summed E-state index contributed by atoms with van der Waals surface area (Å²) < 4.78 is 0. The third-order valence-electron chi connectivity index (χ3n) is 4.75. The van der Waals surface area contributed by atoms with E-state index in [1.165, 1.54) is 12.5 Å². The first-order valence-corrected chi connectivity index (χ1v) is 10.5. The number of carbonyl (C=O) groups excluding carboxylic acids is 4. The number of nitrogens with two attached hydrogens (primary N) is 3. The molecule has 12 N–H and O–H groups in total. The Hall–Kier alpha value is -3.56. The number of amides is 4. The van der Waals surface area contributed by atoms with Gasteiger partial charge in [0, 0.05) is 18.3 Å². The number of aliphatic hydroxyl groups is 1. The van der Waals surface area contributed by atoms with Crippen LogP contribution in [0.4, 0.5) is 0 Å². The number of imidazole rings is 1. The van der Waals surface area contributed by atoms with Crippen LogP contribution < -0.4 is 33.2 Å². The molecule has 4 unspecified atom stereocenters. The zero-order chi connectivity index (χ0) is 25.7. The first-order chi connectivity index (χ1) is 16.1. The van der Waals surface area contributed by atoms with E-state index in [2.05, 4.69) is 25.9 Å². The highest BCUT2D eigenvalue weighted by Crippen LogP contribution is 2.05. The average Bonchev–Trinajstić information content (AvgIpc) is 3.29. The molecule has 1 aromatic rings. The van der Waals surface area contributed by atoms with Crippen molar-refractivity contribution in [3.63, 3.8) is 0 Å². The first-order valence-electron chi connectivity index (χ1n) is 10.5. The molecule has 4 amide bonds. The fraction of sp³-hybridized carbons (Fsp3) is 0.579. The van der Waals surface area contributed by atoms with E-state index in [-0.39, 0.29) is 12.8 Å². The lowest BCUT2D eigenvalue weighted by Crippen LogP contribution is -2.58. The molecule has 1 heterocycles. The van der Waals surface area contributed by atoms with Crippen LogP contribution in [-0.4, -0.2) is 87.1 Å². The van der Waals surface area contributed by atoms with Crippen LogP contribution in [0.2, 0.25) is 0 Å². The topological polar surface area (TPSA) is 269 Å². The van der Waals surface area contributed by atoms with Crippen molar-refractivity contribution in [1.29, 1.82) is 0 Å². The van der Waals surface area contributed by atoms with E-state index < -0.39 is 66.8 Å². The minimum Gasteiger partial charge on any atom is -0.480 e. The number of primary amides is 1. The molecule has 0 radical (unpaired) electrons. The van der Waals surface area contributed by atoms with Gasteiger partial charge in [0.25, 0.3) is 0 Å². The van der Waals surface area contributed by atoms with Crippen LogP contribution in [0.1, 0.15) is 31.4 Å². The predicted octanol–water partition coefficient (Wildman–Crippen LogP) is -4.18. The van der Waals surface area contributed by atoms with Gasteiger partial charge in [-0.05, 0) is 25.8 Å². The highest BCUT2D eigenvalue weighted by atomic mass is 16.4. The number of aliphatic hydroxyl groups excluding tert-OH is 1. The summed E-state index contributed by atoms with van der Waals surface area (Å²) in [5.74, 6) is -4.85. The molecule has 190 valence electrons. The smallest absolute Gasteiger partial charge is 0.326 e. The Bertz CT molecular complexity index is 833. The highest BCUT2D eigenvalue weighted by Gasteiger charge is 2.31. The number of nitrogens with zero attached hydrogens (tertiary/aromatic N) is 1. The van der Waals surface area contributed by atoms with Crippen LogP contribution in [-0.2, 0) is 30.4 Å². The third-order valence-corrected chi connectivity index (χ3v) is 4.75. The maximum atomic E-state index is 12.8. The number of carbonyl (C=O) groups is 5. The van der Waals surface area contributed by atoms with Crippen molar-refractivity contribution in [3.8, 4) is 0 Å². The molecule has 0 aliphatic carbocycles. The van der Waals surface area contributed by atoms with Gasteiger partial charge in [-0.2, -0.15) is 0 Å². The molecule has 0 fully saturated rings. The maximum absolute atomic E-state index is 12.8. The Morgan fingerprint density at radius 1 is 1.00 bits per heavy atom. The van der Waals surface area contributed by atoms with Gasteiger partial charge in [-0.15, -0.1) is 0 Å². The number of nitrogens with one attached hydrogen (secondary N) is 4. The summed E-state index contributed by atoms with van der Waals surface area (Å²) in [5, 5.41) is 25.4. The van der Waals surface area contributed by atoms with Crippen LogP contribution in [0.3, 0.4) is 0 Å². The van der Waals surface area contributed by atoms with E-state index in [4.69, 9.17) is 22.3 Å². The van der Waals surface area contributed by atoms with Crippen molar-refractivity contribution in [1.82, 2.24) is 25.9 Å². The van der Waals surface area contributed by atoms with Crippen LogP contribution in [0, 0.1) is 0 Å². The number of unbranched alkanes of at least 4 members (excludes halogenated alkanes) is 1. The van der Waals surface area contributed by atoms with Crippen molar-refractivity contribution in [2.75, 3.05) is 13.2 Å². The number of aliphatic carboxylic acids is 1. The summed E-state index contributed by atoms with van der Waals surface area (Å²) >= 11 is 0. The molecule has 0 saturated heterocycles. The standard InChI is InChI=1S/C19H32N8O7/c20-4-2-1-3-12(25-16(30)11(21)8-28)17(31)26-13(6-15(22)29)18(32)27-14(19(33)34)5-10-7-23-9-24-10/h7,9,11-14,28H,1-6,8,20-21H2,(H2,22,29)(H,23,24)(H,25,30)(H,26,31)(H,27,32)(H,33,34). The Kier molecular flexibility index (Phi) is 12.2. The molecule has 1 rings (SSSR count). The van der Waals surface area contributed by atoms with Gasteiger partial charge in [-0.25, -0.2) is 9.78 Å². The molecule has 15 nitrogen and oxygen atoms in total. The summed E-state index contributed by atoms with van der Waals surface area (Å²) in [5.41, 5.74) is 16.6. The number of hydrogen-bond donors (Lipinski definition) is 9. The van der Waals surface area contributed by atoms with Crippen molar-refractivity contribution in [3.05, 3.63) is 18.2 Å². The van der Waals surface area contributed by atoms with Gasteiger partial charge >= 0.3 is 5.97 Å². The quantitative estimate of drug-likeness (QED) is 0.102. The lowest BCUT2D eigenvalue weighted by atomic mass is 10.1. The van der Waals surface area contributed by atoms with Gasteiger partial charge < -0.3 is 48.3 Å². The van der Waals surface area contributed by atoms with Crippen LogP contribution in [0.5, 0.6) is 0 Å². The summed E-state index contributed by atoms with van der Waals surface area (Å²) in [4.78, 5) is 67.2. The molecule has 0 saturated carbocycles. The van der Waals surface area contributed by atoms with E-state index in [0.717, 1.165) is 0 Å². The second-order valence-corrected chi connectivity index (χ2v) is 7.55. The van der Waals surface area contributed by atoms with E-state index in [9.17, 15) is 29.1 Å². The van der Waals surface area contributed by atoms with E-state index >= 15 is 0 Å². The molecule has 0 aliphatic heterocycles. The van der Waals surface area contributed by atoms with Gasteiger partial charge in [0.1, 0.15) is 24.2 Å². The Balaban J connectivity index is 2.96. The minimum atomic E-state index is -1.51. The Morgan fingerprint density at radius 2 is 1.62 bits per heavy atom. The van der Waals surface area contributed by atoms with Crippen molar-refractivity contribution < 1.29 is 34.2 Å². The van der Waals surface area contributed by atoms with Crippen molar-refractivity contribution in [2.45, 2.75) is 56.3 Å². The molecule has 0 bridgehead atoms. The van der Waals surface area contributed by atoms with Gasteiger partial charge in [0.05, 0.1) is 19.4 Å². The number of H-pyrrole nitrogens is 1. The van der Waals surface area contributed by atoms with E-state index in [0.29, 0.717) is 25.1 Å². The monoisotopic (exact) mass is 484 g/mol. The Labute approximate surface area is 195 Å². The van der Waals surface area contributed by atoms with E-state index in [1.807, 2.05) is 0 Å². The number of carboxylic acid groups (broad SMARTS) is 1. The molecule has 15 heteroatoms. The molecule has 0 aromatic carbocycles. The summed E-state index contributed by atoms with van der Waals surface area (Å²) in [7, 11) is 0. The zero-order valence-electron chi connectivity index (χ0n) is 18.5. The first kappa shape index (κ1) is 28.5. The largest absolute Gasteiger partial charge is 0.480 e. The summed E-state index contributed by atoms with van der Waals surface area (Å²) in [6.07, 6.45) is 3.11. The Morgan fingerprint density at radius 3 is 2.15 bits per heavy atom. The maximum Gasteiger partial charge on any atom is 0.326 e. The fourth-order valence-corrected chi connectivity index (χ4v) is 2.89. The van der Waals surface area contributed by atoms with Gasteiger partial charge in [-0.1, -0.05) is 0 Å². The van der Waals surface area contributed by atoms with Crippen LogP contribution >= 0.6 is 0 Å². The SMILES string of the molecule is NCCCCC(NC(=O)C(N)CO)C(=O)NC(CC(N)=O)C(=O)NC(Cc1cnc[nH]1)C(=O)O. The fourth-order valence-electron chi connectivity index (χ4n) is 2.89. The molecular weight excluding hydrogens is 452 g/mol. The zero-order valence-corrected chi connectivity index (χ0v) is 18.5. The van der Waals surface area contributed by atoms with Crippen LogP contribution in [0.25, 0.3) is 0 Å². The highest BCUT2D eigenvalue weighted by molar-refractivity contribution is 5.96. The lowest BCUT2D eigenvalue weighted by molar-refractivity contribution is -0.142. The predicted molar refractivity (Wildman–Crippen MR) is 117 cm³/mol. The van der Waals surface area contributed by atoms with Crippen LogP contribution in [0.15, 0.2) is 12.5 Å². The molecular formula is C19H32N8O7. The minimum absolute atomic E-state index is 0.130. The van der Waals surface area contributed by atoms with E-state index in [1.54, 1.807) is 0 Å². The molecule has 0 aliphatic rings. The van der Waals surface area contributed by atoms with Gasteiger partial charge in [-0.3, -0.25) is 19.2 Å². The number of hydrogen-bond acceptors (Lipinski definition) is 9. The molecule has 34 heavy (non-hydrogen) atoms. The number of aromatic nitrogens is 2. The number of rotatable bonds is 16. The van der Waals surface area contributed by atoms with Crippen molar-refractivity contribution >= 4 is 29.6 Å². The second-order valence-electron chi connectivity index (χ2n) is 7.55. The summed E-state index contributed by atoms with van der Waals surface area (Å²) in [6.45, 7) is -0.305. The average molecular weight is 485 g/mol. The van der Waals surface area contributed by atoms with Gasteiger partial charge in [0.2, 0.25) is 23.6 Å². The molecule has 0 spiro atoms. The molecule has 1 aromatic heterocycles. The van der Waals surface area contributed by atoms with Gasteiger partial charge in [0.15, 0.2) is 0 Å². The molecule has 4 atom stereocenters. The number of aromatic amines is 1. The lowest BCUT2D eigenvalue weighted by Gasteiger charge is -2.24. The number of carboxylic acids is 1. The normalized spacial score (nSPS) is 14.3.